The van der Waals surface area contributed by atoms with Gasteiger partial charge in [0.1, 0.15) is 5.82 Å². The SMILES string of the molecule is CCCNCC(Cc1cccc(F)c1)CC(C)C. The van der Waals surface area contributed by atoms with Crippen LogP contribution in [0.1, 0.15) is 39.2 Å². The standard InChI is InChI=1S/C16H26FN/c1-4-8-18-12-15(9-13(2)3)10-14-6-5-7-16(17)11-14/h5-7,11,13,15,18H,4,8-10,12H2,1-3H3. The minimum Gasteiger partial charge on any atom is -0.316 e. The van der Waals surface area contributed by atoms with Gasteiger partial charge in [0.25, 0.3) is 0 Å². The van der Waals surface area contributed by atoms with Crippen molar-refractivity contribution in [1.82, 2.24) is 5.32 Å². The molecule has 18 heavy (non-hydrogen) atoms. The van der Waals surface area contributed by atoms with E-state index < -0.39 is 0 Å². The Morgan fingerprint density at radius 2 is 2.06 bits per heavy atom. The fourth-order valence-corrected chi connectivity index (χ4v) is 2.39. The highest BCUT2D eigenvalue weighted by Crippen LogP contribution is 2.17. The fourth-order valence-electron chi connectivity index (χ4n) is 2.39. The van der Waals surface area contributed by atoms with Crippen molar-refractivity contribution >= 4 is 0 Å². The van der Waals surface area contributed by atoms with Crippen molar-refractivity contribution < 1.29 is 4.39 Å². The van der Waals surface area contributed by atoms with Crippen LogP contribution in [-0.2, 0) is 6.42 Å². The monoisotopic (exact) mass is 251 g/mol. The molecule has 1 rings (SSSR count). The predicted octanol–water partition coefficient (Wildman–Crippen LogP) is 4.03. The van der Waals surface area contributed by atoms with Gasteiger partial charge in [-0.3, -0.25) is 0 Å². The van der Waals surface area contributed by atoms with Crippen molar-refractivity contribution in [2.24, 2.45) is 11.8 Å². The Morgan fingerprint density at radius 1 is 1.28 bits per heavy atom. The summed E-state index contributed by atoms with van der Waals surface area (Å²) in [7, 11) is 0. The van der Waals surface area contributed by atoms with Crippen LogP contribution >= 0.6 is 0 Å². The first-order chi connectivity index (χ1) is 8.61. The highest BCUT2D eigenvalue weighted by Gasteiger charge is 2.11. The van der Waals surface area contributed by atoms with Gasteiger partial charge in [0, 0.05) is 0 Å². The Kier molecular flexibility index (Phi) is 6.96. The van der Waals surface area contributed by atoms with Crippen LogP contribution in [0.4, 0.5) is 4.39 Å². The third-order valence-electron chi connectivity index (χ3n) is 3.08. The van der Waals surface area contributed by atoms with Gasteiger partial charge in [-0.15, -0.1) is 0 Å². The van der Waals surface area contributed by atoms with E-state index in [4.69, 9.17) is 0 Å². The normalized spacial score (nSPS) is 12.9. The van der Waals surface area contributed by atoms with E-state index in [0.29, 0.717) is 11.8 Å². The molecule has 0 bridgehead atoms. The molecule has 1 N–H and O–H groups in total. The van der Waals surface area contributed by atoms with Gasteiger partial charge in [-0.05, 0) is 61.9 Å². The Bertz CT molecular complexity index is 336. The first-order valence-corrected chi connectivity index (χ1v) is 7.07. The minimum absolute atomic E-state index is 0.127. The summed E-state index contributed by atoms with van der Waals surface area (Å²) in [6.07, 6.45) is 3.31. The number of hydrogen-bond donors (Lipinski definition) is 1. The molecule has 2 heteroatoms. The Balaban J connectivity index is 2.53. The van der Waals surface area contributed by atoms with E-state index in [1.54, 1.807) is 12.1 Å². The van der Waals surface area contributed by atoms with Gasteiger partial charge in [0.05, 0.1) is 0 Å². The van der Waals surface area contributed by atoms with Crippen molar-refractivity contribution in [3.63, 3.8) is 0 Å². The van der Waals surface area contributed by atoms with Crippen molar-refractivity contribution in [1.29, 1.82) is 0 Å². The highest BCUT2D eigenvalue weighted by atomic mass is 19.1. The summed E-state index contributed by atoms with van der Waals surface area (Å²) in [4.78, 5) is 0. The van der Waals surface area contributed by atoms with Crippen LogP contribution in [0.5, 0.6) is 0 Å². The lowest BCUT2D eigenvalue weighted by molar-refractivity contribution is 0.385. The second-order valence-electron chi connectivity index (χ2n) is 5.53. The van der Waals surface area contributed by atoms with Crippen LogP contribution in [0.15, 0.2) is 24.3 Å². The summed E-state index contributed by atoms with van der Waals surface area (Å²) in [5.74, 6) is 1.16. The molecule has 0 saturated heterocycles. The summed E-state index contributed by atoms with van der Waals surface area (Å²) in [5.41, 5.74) is 1.11. The van der Waals surface area contributed by atoms with Gasteiger partial charge >= 0.3 is 0 Å². The van der Waals surface area contributed by atoms with E-state index in [9.17, 15) is 4.39 Å². The first-order valence-electron chi connectivity index (χ1n) is 7.07. The van der Waals surface area contributed by atoms with Crippen molar-refractivity contribution in [3.05, 3.63) is 35.6 Å². The van der Waals surface area contributed by atoms with E-state index in [1.165, 1.54) is 12.5 Å². The van der Waals surface area contributed by atoms with Crippen molar-refractivity contribution in [2.75, 3.05) is 13.1 Å². The summed E-state index contributed by atoms with van der Waals surface area (Å²) >= 11 is 0. The molecule has 0 aliphatic rings. The Morgan fingerprint density at radius 3 is 2.67 bits per heavy atom. The van der Waals surface area contributed by atoms with Crippen LogP contribution in [-0.4, -0.2) is 13.1 Å². The van der Waals surface area contributed by atoms with E-state index in [2.05, 4.69) is 26.1 Å². The van der Waals surface area contributed by atoms with E-state index in [0.717, 1.165) is 31.5 Å². The van der Waals surface area contributed by atoms with E-state index in [-0.39, 0.29) is 5.82 Å². The van der Waals surface area contributed by atoms with Gasteiger partial charge in [-0.2, -0.15) is 0 Å². The molecule has 102 valence electrons. The number of halogens is 1. The second-order valence-corrected chi connectivity index (χ2v) is 5.53. The van der Waals surface area contributed by atoms with Gasteiger partial charge in [0.2, 0.25) is 0 Å². The molecule has 0 fully saturated rings. The van der Waals surface area contributed by atoms with Gasteiger partial charge in [0.15, 0.2) is 0 Å². The van der Waals surface area contributed by atoms with Crippen molar-refractivity contribution in [2.45, 2.75) is 40.0 Å². The van der Waals surface area contributed by atoms with Crippen LogP contribution < -0.4 is 5.32 Å². The molecule has 0 aliphatic carbocycles. The molecule has 1 unspecified atom stereocenters. The molecule has 0 amide bonds. The van der Waals surface area contributed by atoms with Crippen LogP contribution in [0.25, 0.3) is 0 Å². The summed E-state index contributed by atoms with van der Waals surface area (Å²) < 4.78 is 13.2. The zero-order valence-corrected chi connectivity index (χ0v) is 11.9. The number of nitrogens with one attached hydrogen (secondary N) is 1. The topological polar surface area (TPSA) is 12.0 Å². The quantitative estimate of drug-likeness (QED) is 0.688. The summed E-state index contributed by atoms with van der Waals surface area (Å²) in [6.45, 7) is 8.77. The predicted molar refractivity (Wildman–Crippen MR) is 76.2 cm³/mol. The molecule has 1 nitrogen and oxygen atoms in total. The number of benzene rings is 1. The van der Waals surface area contributed by atoms with Crippen molar-refractivity contribution in [3.8, 4) is 0 Å². The van der Waals surface area contributed by atoms with E-state index in [1.807, 2.05) is 6.07 Å². The highest BCUT2D eigenvalue weighted by molar-refractivity contribution is 5.16. The lowest BCUT2D eigenvalue weighted by atomic mass is 9.91. The fraction of sp³-hybridized carbons (Fsp3) is 0.625. The minimum atomic E-state index is -0.127. The largest absolute Gasteiger partial charge is 0.316 e. The maximum atomic E-state index is 13.2. The average Bonchev–Trinajstić information content (AvgIpc) is 2.28. The number of hydrogen-bond acceptors (Lipinski definition) is 1. The van der Waals surface area contributed by atoms with E-state index >= 15 is 0 Å². The first kappa shape index (κ1) is 15.2. The lowest BCUT2D eigenvalue weighted by Crippen LogP contribution is -2.26. The third-order valence-corrected chi connectivity index (χ3v) is 3.08. The maximum absolute atomic E-state index is 13.2. The molecular formula is C16H26FN. The lowest BCUT2D eigenvalue weighted by Gasteiger charge is -2.19. The molecule has 0 spiro atoms. The van der Waals surface area contributed by atoms with Gasteiger partial charge in [-0.25, -0.2) is 4.39 Å². The van der Waals surface area contributed by atoms with Gasteiger partial charge in [-0.1, -0.05) is 32.9 Å². The molecule has 1 aromatic carbocycles. The third kappa shape index (κ3) is 6.15. The molecule has 0 radical (unpaired) electrons. The summed E-state index contributed by atoms with van der Waals surface area (Å²) in [5, 5.41) is 3.48. The zero-order chi connectivity index (χ0) is 13.4. The Hall–Kier alpha value is -0.890. The zero-order valence-electron chi connectivity index (χ0n) is 11.9. The molecule has 0 heterocycles. The molecule has 0 aliphatic heterocycles. The molecule has 1 aromatic rings. The molecule has 0 saturated carbocycles. The second kappa shape index (κ2) is 8.25. The molecule has 1 atom stereocenters. The summed E-state index contributed by atoms with van der Waals surface area (Å²) in [6, 6.07) is 7.00. The smallest absolute Gasteiger partial charge is 0.123 e. The average molecular weight is 251 g/mol. The number of rotatable bonds is 8. The molecular weight excluding hydrogens is 225 g/mol. The van der Waals surface area contributed by atoms with Crippen LogP contribution in [0.2, 0.25) is 0 Å². The maximum Gasteiger partial charge on any atom is 0.123 e. The molecule has 0 aromatic heterocycles. The van der Waals surface area contributed by atoms with Crippen LogP contribution in [0, 0.1) is 17.7 Å². The van der Waals surface area contributed by atoms with Crippen LogP contribution in [0.3, 0.4) is 0 Å². The van der Waals surface area contributed by atoms with Gasteiger partial charge < -0.3 is 5.32 Å². The Labute approximate surface area is 111 Å².